The molecule has 3 rings (SSSR count). The lowest BCUT2D eigenvalue weighted by atomic mass is 10.1. The molecule has 1 fully saturated rings. The van der Waals surface area contributed by atoms with Crippen LogP contribution in [0.3, 0.4) is 0 Å². The summed E-state index contributed by atoms with van der Waals surface area (Å²) in [6, 6.07) is 16.6. The molecular formula is C19H15NO3S2. The Morgan fingerprint density at radius 1 is 1.16 bits per heavy atom. The minimum absolute atomic E-state index is 0.101. The number of esters is 1. The highest BCUT2D eigenvalue weighted by Crippen LogP contribution is 2.33. The molecule has 0 spiro atoms. The summed E-state index contributed by atoms with van der Waals surface area (Å²) in [6.45, 7) is 0.462. The highest BCUT2D eigenvalue weighted by Gasteiger charge is 2.31. The van der Waals surface area contributed by atoms with Crippen LogP contribution in [0.25, 0.3) is 6.08 Å². The first-order valence-electron chi connectivity index (χ1n) is 7.56. The first-order chi connectivity index (χ1) is 12.1. The van der Waals surface area contributed by atoms with Gasteiger partial charge in [-0.3, -0.25) is 9.69 Å². The van der Waals surface area contributed by atoms with E-state index < -0.39 is 0 Å². The molecule has 1 aliphatic rings. The molecule has 0 aliphatic carbocycles. The molecule has 1 heterocycles. The van der Waals surface area contributed by atoms with Gasteiger partial charge in [0.05, 0.1) is 24.1 Å². The number of carbonyl (C=O) groups is 2. The van der Waals surface area contributed by atoms with Crippen molar-refractivity contribution in [3.63, 3.8) is 0 Å². The quantitative estimate of drug-likeness (QED) is 0.465. The number of thioether (sulfide) groups is 1. The van der Waals surface area contributed by atoms with Crippen LogP contribution >= 0.6 is 24.0 Å². The molecular weight excluding hydrogens is 354 g/mol. The third-order valence-corrected chi connectivity index (χ3v) is 5.06. The molecule has 1 aliphatic heterocycles. The van der Waals surface area contributed by atoms with Gasteiger partial charge >= 0.3 is 5.97 Å². The fourth-order valence-corrected chi connectivity index (χ4v) is 3.64. The summed E-state index contributed by atoms with van der Waals surface area (Å²) in [7, 11) is 1.34. The number of ether oxygens (including phenoxy) is 1. The van der Waals surface area contributed by atoms with Crippen LogP contribution in [0.4, 0.5) is 0 Å². The van der Waals surface area contributed by atoms with Crippen molar-refractivity contribution < 1.29 is 14.3 Å². The normalized spacial score (nSPS) is 15.7. The Labute approximate surface area is 155 Å². The van der Waals surface area contributed by atoms with Crippen molar-refractivity contribution in [1.29, 1.82) is 0 Å². The Morgan fingerprint density at radius 2 is 1.84 bits per heavy atom. The number of hydrogen-bond acceptors (Lipinski definition) is 5. The van der Waals surface area contributed by atoms with Crippen molar-refractivity contribution in [1.82, 2.24) is 4.90 Å². The van der Waals surface area contributed by atoms with Crippen LogP contribution in [0.2, 0.25) is 0 Å². The number of rotatable bonds is 4. The number of carbonyl (C=O) groups excluding carboxylic acids is 2. The average Bonchev–Trinajstić information content (AvgIpc) is 2.90. The Balaban J connectivity index is 1.77. The maximum atomic E-state index is 12.6. The minimum atomic E-state index is -0.388. The van der Waals surface area contributed by atoms with Crippen molar-refractivity contribution in [3.8, 4) is 0 Å². The maximum absolute atomic E-state index is 12.6. The number of nitrogens with zero attached hydrogens (tertiary/aromatic N) is 1. The zero-order valence-corrected chi connectivity index (χ0v) is 15.1. The number of amides is 1. The van der Waals surface area contributed by atoms with Crippen molar-refractivity contribution in [3.05, 3.63) is 76.2 Å². The lowest BCUT2D eigenvalue weighted by Gasteiger charge is -2.14. The number of thiocarbonyl (C=S) groups is 1. The molecule has 1 saturated heterocycles. The van der Waals surface area contributed by atoms with Gasteiger partial charge in [0.15, 0.2) is 0 Å². The van der Waals surface area contributed by atoms with Gasteiger partial charge in [-0.05, 0) is 29.3 Å². The van der Waals surface area contributed by atoms with Gasteiger partial charge in [0, 0.05) is 0 Å². The minimum Gasteiger partial charge on any atom is -0.465 e. The highest BCUT2D eigenvalue weighted by atomic mass is 32.2. The molecule has 6 heteroatoms. The van der Waals surface area contributed by atoms with E-state index in [2.05, 4.69) is 4.74 Å². The Hall–Kier alpha value is -2.44. The number of benzene rings is 2. The van der Waals surface area contributed by atoms with E-state index in [1.165, 1.54) is 18.9 Å². The van der Waals surface area contributed by atoms with E-state index in [1.54, 1.807) is 35.2 Å². The van der Waals surface area contributed by atoms with E-state index in [0.717, 1.165) is 11.1 Å². The molecule has 1 amide bonds. The van der Waals surface area contributed by atoms with Crippen LogP contribution < -0.4 is 0 Å². The third-order valence-electron chi connectivity index (χ3n) is 3.69. The van der Waals surface area contributed by atoms with Crippen LogP contribution in [0.1, 0.15) is 21.5 Å². The summed E-state index contributed by atoms with van der Waals surface area (Å²) in [5.74, 6) is -0.489. The van der Waals surface area contributed by atoms with Crippen molar-refractivity contribution in [2.24, 2.45) is 0 Å². The molecule has 2 aromatic rings. The van der Waals surface area contributed by atoms with Crippen molar-refractivity contribution in [2.75, 3.05) is 7.11 Å². The maximum Gasteiger partial charge on any atom is 0.337 e. The second-order valence-electron chi connectivity index (χ2n) is 5.37. The smallest absolute Gasteiger partial charge is 0.337 e. The molecule has 0 saturated carbocycles. The monoisotopic (exact) mass is 369 g/mol. The van der Waals surface area contributed by atoms with E-state index in [1.807, 2.05) is 30.3 Å². The van der Waals surface area contributed by atoms with Gasteiger partial charge in [0.1, 0.15) is 4.32 Å². The lowest BCUT2D eigenvalue weighted by molar-refractivity contribution is -0.122. The lowest BCUT2D eigenvalue weighted by Crippen LogP contribution is -2.27. The molecule has 0 unspecified atom stereocenters. The van der Waals surface area contributed by atoms with E-state index in [9.17, 15) is 9.59 Å². The van der Waals surface area contributed by atoms with Crippen LogP contribution in [0, 0.1) is 0 Å². The summed E-state index contributed by atoms with van der Waals surface area (Å²) in [5.41, 5.74) is 2.33. The second kappa shape index (κ2) is 7.63. The molecule has 25 heavy (non-hydrogen) atoms. The fraction of sp³-hybridized carbons (Fsp3) is 0.105. The molecule has 0 bridgehead atoms. The predicted molar refractivity (Wildman–Crippen MR) is 103 cm³/mol. The molecule has 4 nitrogen and oxygen atoms in total. The predicted octanol–water partition coefficient (Wildman–Crippen LogP) is 3.87. The molecule has 2 aromatic carbocycles. The largest absolute Gasteiger partial charge is 0.465 e. The highest BCUT2D eigenvalue weighted by molar-refractivity contribution is 8.26. The molecule has 0 radical (unpaired) electrons. The van der Waals surface area contributed by atoms with Gasteiger partial charge < -0.3 is 4.74 Å². The van der Waals surface area contributed by atoms with Gasteiger partial charge in [-0.1, -0.05) is 66.4 Å². The first-order valence-corrected chi connectivity index (χ1v) is 8.78. The van der Waals surface area contributed by atoms with Gasteiger partial charge in [0.2, 0.25) is 0 Å². The second-order valence-corrected chi connectivity index (χ2v) is 7.04. The molecule has 0 N–H and O–H groups in total. The summed E-state index contributed by atoms with van der Waals surface area (Å²) in [5, 5.41) is 0. The summed E-state index contributed by atoms with van der Waals surface area (Å²) in [6.07, 6.45) is 1.78. The zero-order chi connectivity index (χ0) is 17.8. The van der Waals surface area contributed by atoms with Crippen molar-refractivity contribution >= 4 is 46.3 Å². The first kappa shape index (κ1) is 17.4. The van der Waals surface area contributed by atoms with E-state index in [-0.39, 0.29) is 11.9 Å². The number of methoxy groups -OCH3 is 1. The molecule has 0 aromatic heterocycles. The SMILES string of the molecule is COC(=O)c1ccc(/C=C2/SC(=S)N(Cc3ccccc3)C2=O)cc1. The van der Waals surface area contributed by atoms with Crippen LogP contribution in [0.15, 0.2) is 59.5 Å². The zero-order valence-electron chi connectivity index (χ0n) is 13.5. The summed E-state index contributed by atoms with van der Waals surface area (Å²) >= 11 is 6.63. The van der Waals surface area contributed by atoms with Crippen LogP contribution in [-0.4, -0.2) is 28.2 Å². The summed E-state index contributed by atoms with van der Waals surface area (Å²) < 4.78 is 5.22. The van der Waals surface area contributed by atoms with Crippen LogP contribution in [-0.2, 0) is 16.1 Å². The third kappa shape index (κ3) is 3.97. The summed E-state index contributed by atoms with van der Waals surface area (Å²) in [4.78, 5) is 26.3. The van der Waals surface area contributed by atoms with Crippen molar-refractivity contribution in [2.45, 2.75) is 6.54 Å². The van der Waals surface area contributed by atoms with Gasteiger partial charge in [-0.25, -0.2) is 4.79 Å². The Bertz CT molecular complexity index is 845. The van der Waals surface area contributed by atoms with E-state index in [0.29, 0.717) is 21.3 Å². The Kier molecular flexibility index (Phi) is 5.31. The molecule has 126 valence electrons. The van der Waals surface area contributed by atoms with E-state index in [4.69, 9.17) is 12.2 Å². The number of hydrogen-bond donors (Lipinski definition) is 0. The van der Waals surface area contributed by atoms with Crippen LogP contribution in [0.5, 0.6) is 0 Å². The van der Waals surface area contributed by atoms with Gasteiger partial charge in [0.25, 0.3) is 5.91 Å². The average molecular weight is 369 g/mol. The van der Waals surface area contributed by atoms with Gasteiger partial charge in [-0.2, -0.15) is 0 Å². The fourth-order valence-electron chi connectivity index (χ4n) is 2.39. The topological polar surface area (TPSA) is 46.6 Å². The van der Waals surface area contributed by atoms with Gasteiger partial charge in [-0.15, -0.1) is 0 Å². The molecule has 0 atom stereocenters. The standard InChI is InChI=1S/C19H15NO3S2/c1-23-18(22)15-9-7-13(8-10-15)11-16-17(21)20(19(24)25-16)12-14-5-3-2-4-6-14/h2-11H,12H2,1H3/b16-11+. The van der Waals surface area contributed by atoms with E-state index >= 15 is 0 Å². The Morgan fingerprint density at radius 3 is 2.48 bits per heavy atom.